The lowest BCUT2D eigenvalue weighted by Crippen LogP contribution is -2.43. The average Bonchev–Trinajstić information content (AvgIpc) is 2.09. The van der Waals surface area contributed by atoms with Crippen LogP contribution in [0, 0.1) is 5.92 Å². The molecule has 2 atom stereocenters. The van der Waals surface area contributed by atoms with Gasteiger partial charge in [0.1, 0.15) is 0 Å². The Hall–Kier alpha value is -0.830. The Balaban J connectivity index is 0.00000144. The predicted octanol–water partition coefficient (Wildman–Crippen LogP) is 0.960. The van der Waals surface area contributed by atoms with E-state index < -0.39 is 0 Å². The Kier molecular flexibility index (Phi) is 3.29. The smallest absolute Gasteiger partial charge is 0.243 e. The molecule has 70 valence electrons. The Bertz CT molecular complexity index is 184. The van der Waals surface area contributed by atoms with Gasteiger partial charge in [-0.1, -0.05) is 13.5 Å². The Morgan fingerprint density at radius 3 is 3.17 bits per heavy atom. The molecule has 3 nitrogen and oxygen atoms in total. The molecule has 1 aliphatic heterocycles. The fourth-order valence-electron chi connectivity index (χ4n) is 1.34. The number of amides is 1. The molecule has 0 aromatic heterocycles. The van der Waals surface area contributed by atoms with Crippen LogP contribution in [0.25, 0.3) is 0 Å². The summed E-state index contributed by atoms with van der Waals surface area (Å²) in [5.41, 5.74) is 0. The van der Waals surface area contributed by atoms with Crippen molar-refractivity contribution >= 4 is 5.91 Å². The standard InChI is InChI=1S/C9H15NO2.H2/c1-3-9(11)10-8-4-5-12-6-7(8)2;/h3,7-8H,1,4-6H2,2H3,(H,10,11);1H/t7-,8+;/m1./s1. The van der Waals surface area contributed by atoms with Gasteiger partial charge in [0.2, 0.25) is 5.91 Å². The van der Waals surface area contributed by atoms with Gasteiger partial charge in [0.05, 0.1) is 6.61 Å². The fourth-order valence-corrected chi connectivity index (χ4v) is 1.34. The summed E-state index contributed by atoms with van der Waals surface area (Å²) < 4.78 is 5.25. The van der Waals surface area contributed by atoms with Crippen molar-refractivity contribution in [3.05, 3.63) is 12.7 Å². The molecule has 0 aromatic carbocycles. The highest BCUT2D eigenvalue weighted by molar-refractivity contribution is 5.87. The van der Waals surface area contributed by atoms with Crippen molar-refractivity contribution in [1.29, 1.82) is 0 Å². The van der Waals surface area contributed by atoms with Gasteiger partial charge in [-0.05, 0) is 18.4 Å². The largest absolute Gasteiger partial charge is 0.381 e. The highest BCUT2D eigenvalue weighted by Gasteiger charge is 2.22. The maximum absolute atomic E-state index is 11.0. The summed E-state index contributed by atoms with van der Waals surface area (Å²) in [7, 11) is 0. The van der Waals surface area contributed by atoms with Gasteiger partial charge in [0, 0.05) is 14.1 Å². The second kappa shape index (κ2) is 4.26. The SMILES string of the molecule is C=CC(=O)N[C@H]1CCOC[C@H]1C.[HH]. The van der Waals surface area contributed by atoms with Crippen molar-refractivity contribution in [3.63, 3.8) is 0 Å². The predicted molar refractivity (Wildman–Crippen MR) is 48.8 cm³/mol. The van der Waals surface area contributed by atoms with Crippen molar-refractivity contribution in [2.45, 2.75) is 19.4 Å². The van der Waals surface area contributed by atoms with Crippen LogP contribution in [0.5, 0.6) is 0 Å². The number of hydrogen-bond donors (Lipinski definition) is 1. The first-order valence-corrected chi connectivity index (χ1v) is 4.24. The van der Waals surface area contributed by atoms with Crippen LogP contribution in [-0.2, 0) is 9.53 Å². The molecular formula is C9H17NO2. The third kappa shape index (κ3) is 2.34. The van der Waals surface area contributed by atoms with Crippen LogP contribution in [0.4, 0.5) is 0 Å². The van der Waals surface area contributed by atoms with Crippen LogP contribution >= 0.6 is 0 Å². The fraction of sp³-hybridized carbons (Fsp3) is 0.667. The summed E-state index contributed by atoms with van der Waals surface area (Å²) >= 11 is 0. The molecular weight excluding hydrogens is 154 g/mol. The van der Waals surface area contributed by atoms with E-state index in [1.54, 1.807) is 0 Å². The van der Waals surface area contributed by atoms with Gasteiger partial charge in [-0.3, -0.25) is 4.79 Å². The number of carbonyl (C=O) groups excluding carboxylic acids is 1. The molecule has 0 radical (unpaired) electrons. The summed E-state index contributed by atoms with van der Waals surface area (Å²) in [4.78, 5) is 11.0. The maximum Gasteiger partial charge on any atom is 0.243 e. The lowest BCUT2D eigenvalue weighted by atomic mass is 9.98. The van der Waals surface area contributed by atoms with E-state index in [2.05, 4.69) is 18.8 Å². The van der Waals surface area contributed by atoms with Crippen molar-refractivity contribution < 1.29 is 11.0 Å². The molecule has 1 saturated heterocycles. The number of nitrogens with one attached hydrogen (secondary N) is 1. The minimum absolute atomic E-state index is 0. The minimum Gasteiger partial charge on any atom is -0.381 e. The van der Waals surface area contributed by atoms with Crippen LogP contribution in [0.3, 0.4) is 0 Å². The summed E-state index contributed by atoms with van der Waals surface area (Å²) in [6.45, 7) is 6.97. The molecule has 1 heterocycles. The van der Waals surface area contributed by atoms with E-state index in [4.69, 9.17) is 4.74 Å². The summed E-state index contributed by atoms with van der Waals surface area (Å²) in [5.74, 6) is 0.316. The van der Waals surface area contributed by atoms with Gasteiger partial charge in [0.15, 0.2) is 0 Å². The van der Waals surface area contributed by atoms with Crippen LogP contribution in [0.15, 0.2) is 12.7 Å². The lowest BCUT2D eigenvalue weighted by molar-refractivity contribution is -0.118. The molecule has 0 aromatic rings. The number of rotatable bonds is 2. The van der Waals surface area contributed by atoms with Gasteiger partial charge in [-0.25, -0.2) is 0 Å². The molecule has 1 rings (SSSR count). The molecule has 3 heteroatoms. The molecule has 0 bridgehead atoms. The highest BCUT2D eigenvalue weighted by Crippen LogP contribution is 2.13. The molecule has 0 unspecified atom stereocenters. The van der Waals surface area contributed by atoms with E-state index in [1.165, 1.54) is 6.08 Å². The Morgan fingerprint density at radius 1 is 1.83 bits per heavy atom. The Morgan fingerprint density at radius 2 is 2.58 bits per heavy atom. The van der Waals surface area contributed by atoms with Gasteiger partial charge in [0.25, 0.3) is 0 Å². The second-order valence-corrected chi connectivity index (χ2v) is 3.16. The quantitative estimate of drug-likeness (QED) is 0.628. The van der Waals surface area contributed by atoms with Gasteiger partial charge < -0.3 is 10.1 Å². The number of ether oxygens (including phenoxy) is 1. The minimum atomic E-state index is -0.0891. The van der Waals surface area contributed by atoms with Crippen LogP contribution < -0.4 is 5.32 Å². The third-order valence-electron chi connectivity index (χ3n) is 2.15. The lowest BCUT2D eigenvalue weighted by Gasteiger charge is -2.29. The van der Waals surface area contributed by atoms with E-state index >= 15 is 0 Å². The van der Waals surface area contributed by atoms with E-state index in [-0.39, 0.29) is 13.4 Å². The number of carbonyl (C=O) groups is 1. The van der Waals surface area contributed by atoms with E-state index in [1.807, 2.05) is 0 Å². The third-order valence-corrected chi connectivity index (χ3v) is 2.15. The summed E-state index contributed by atoms with van der Waals surface area (Å²) in [5, 5.41) is 2.88. The molecule has 12 heavy (non-hydrogen) atoms. The second-order valence-electron chi connectivity index (χ2n) is 3.16. The normalized spacial score (nSPS) is 29.4. The molecule has 0 saturated carbocycles. The first-order valence-electron chi connectivity index (χ1n) is 4.24. The molecule has 1 N–H and O–H groups in total. The van der Waals surface area contributed by atoms with Gasteiger partial charge in [-0.15, -0.1) is 0 Å². The van der Waals surface area contributed by atoms with Gasteiger partial charge in [-0.2, -0.15) is 0 Å². The van der Waals surface area contributed by atoms with Crippen LogP contribution in [0.1, 0.15) is 14.8 Å². The van der Waals surface area contributed by atoms with Crippen molar-refractivity contribution in [1.82, 2.24) is 5.32 Å². The van der Waals surface area contributed by atoms with Crippen molar-refractivity contribution in [2.24, 2.45) is 5.92 Å². The monoisotopic (exact) mass is 171 g/mol. The van der Waals surface area contributed by atoms with Gasteiger partial charge >= 0.3 is 0 Å². The first-order chi connectivity index (χ1) is 5.74. The molecule has 1 fully saturated rings. The molecule has 0 spiro atoms. The topological polar surface area (TPSA) is 38.3 Å². The number of hydrogen-bond acceptors (Lipinski definition) is 2. The maximum atomic E-state index is 11.0. The first kappa shape index (κ1) is 9.26. The van der Waals surface area contributed by atoms with E-state index in [0.29, 0.717) is 5.92 Å². The zero-order valence-corrected chi connectivity index (χ0v) is 7.38. The van der Waals surface area contributed by atoms with Crippen molar-refractivity contribution in [3.8, 4) is 0 Å². The van der Waals surface area contributed by atoms with E-state index in [9.17, 15) is 4.79 Å². The van der Waals surface area contributed by atoms with Crippen LogP contribution in [0.2, 0.25) is 0 Å². The Labute approximate surface area is 74.3 Å². The zero-order chi connectivity index (χ0) is 8.97. The molecule has 1 amide bonds. The highest BCUT2D eigenvalue weighted by atomic mass is 16.5. The zero-order valence-electron chi connectivity index (χ0n) is 7.38. The summed E-state index contributed by atoms with van der Waals surface area (Å²) in [6, 6.07) is 0.254. The van der Waals surface area contributed by atoms with Crippen LogP contribution in [-0.4, -0.2) is 25.2 Å². The molecule has 0 aliphatic carbocycles. The van der Waals surface area contributed by atoms with Crippen molar-refractivity contribution in [2.75, 3.05) is 13.2 Å². The average molecular weight is 171 g/mol. The van der Waals surface area contributed by atoms with E-state index in [0.717, 1.165) is 19.6 Å². The molecule has 1 aliphatic rings. The summed E-state index contributed by atoms with van der Waals surface area (Å²) in [6.07, 6.45) is 2.21.